The summed E-state index contributed by atoms with van der Waals surface area (Å²) in [5.74, 6) is -1.98. The molecule has 62 heavy (non-hydrogen) atoms. The van der Waals surface area contributed by atoms with Crippen molar-refractivity contribution in [3.8, 4) is 23.0 Å². The summed E-state index contributed by atoms with van der Waals surface area (Å²) in [4.78, 5) is 23.5. The predicted octanol–water partition coefficient (Wildman–Crippen LogP) is 8.08. The quantitative estimate of drug-likeness (QED) is 0.0990. The van der Waals surface area contributed by atoms with Gasteiger partial charge in [0.05, 0.1) is 39.3 Å². The number of nitrogens with one attached hydrogen (secondary N) is 2. The molecule has 4 aromatic heterocycles. The van der Waals surface area contributed by atoms with Crippen molar-refractivity contribution in [2.75, 3.05) is 11.0 Å². The van der Waals surface area contributed by atoms with Crippen molar-refractivity contribution in [1.82, 2.24) is 39.4 Å². The highest BCUT2D eigenvalue weighted by Crippen LogP contribution is 2.54. The van der Waals surface area contributed by atoms with Crippen LogP contribution in [0.4, 0.5) is 32.2 Å². The molecular weight excluding hydrogens is 860 g/mol. The number of hydrogen-bond acceptors (Lipinski definition) is 7. The maximum atomic E-state index is 15.7. The second-order valence-electron chi connectivity index (χ2n) is 15.9. The van der Waals surface area contributed by atoms with Gasteiger partial charge in [-0.2, -0.15) is 19.0 Å². The van der Waals surface area contributed by atoms with Gasteiger partial charge in [0, 0.05) is 55.2 Å². The van der Waals surface area contributed by atoms with Crippen molar-refractivity contribution in [2.24, 2.45) is 20.0 Å². The number of aromatic nitrogens is 7. The van der Waals surface area contributed by atoms with Gasteiger partial charge in [-0.15, -0.1) is 0 Å². The number of carbonyl (C=O) groups is 1. The Bertz CT molecular complexity index is 2910. The van der Waals surface area contributed by atoms with E-state index >= 15 is 8.78 Å². The number of pyridine rings is 1. The third kappa shape index (κ3) is 8.37. The number of alkyl halides is 4. The minimum absolute atomic E-state index is 0.0588. The lowest BCUT2D eigenvalue weighted by molar-refractivity contribution is -0.123. The molecule has 0 spiro atoms. The van der Waals surface area contributed by atoms with Crippen LogP contribution in [0.15, 0.2) is 54.9 Å². The molecule has 6 aromatic rings. The Morgan fingerprint density at radius 3 is 2.32 bits per heavy atom. The Kier molecular flexibility index (Phi) is 11.5. The summed E-state index contributed by atoms with van der Waals surface area (Å²) in [7, 11) is -0.477. The van der Waals surface area contributed by atoms with Crippen LogP contribution in [-0.2, 0) is 53.2 Å². The lowest BCUT2D eigenvalue weighted by Crippen LogP contribution is -2.35. The minimum Gasteiger partial charge on any atom is -0.346 e. The van der Waals surface area contributed by atoms with E-state index in [9.17, 15) is 30.8 Å². The normalized spacial score (nSPS) is 16.6. The summed E-state index contributed by atoms with van der Waals surface area (Å²) in [6.07, 6.45) is 0.800. The third-order valence-corrected chi connectivity index (χ3v) is 11.8. The van der Waals surface area contributed by atoms with E-state index in [2.05, 4.69) is 37.1 Å². The van der Waals surface area contributed by atoms with Crippen molar-refractivity contribution in [1.29, 1.82) is 0 Å². The monoisotopic (exact) mass is 899 g/mol. The zero-order valence-corrected chi connectivity index (χ0v) is 35.9. The maximum Gasteiger partial charge on any atom is 0.292 e. The van der Waals surface area contributed by atoms with Crippen LogP contribution >= 0.6 is 11.6 Å². The minimum atomic E-state index is -3.84. The first-order chi connectivity index (χ1) is 29.0. The number of nitrogens with zero attached hydrogens (tertiary/aromatic N) is 7. The fourth-order valence-corrected chi connectivity index (χ4v) is 8.77. The topological polar surface area (TPSA) is 142 Å². The molecule has 0 fully saturated rings. The predicted molar refractivity (Wildman–Crippen MR) is 220 cm³/mol. The Morgan fingerprint density at radius 2 is 1.69 bits per heavy atom. The number of hydrogen-bond donors (Lipinski definition) is 2. The van der Waals surface area contributed by atoms with Crippen molar-refractivity contribution in [3.05, 3.63) is 111 Å². The lowest BCUT2D eigenvalue weighted by Gasteiger charge is -2.23. The van der Waals surface area contributed by atoms with Gasteiger partial charge in [0.25, 0.3) is 12.3 Å². The largest absolute Gasteiger partial charge is 0.346 e. The maximum absolute atomic E-state index is 15.7. The molecule has 0 radical (unpaired) electrons. The highest BCUT2D eigenvalue weighted by atomic mass is 35.5. The molecule has 2 aromatic carbocycles. The summed E-state index contributed by atoms with van der Waals surface area (Å²) in [5, 5.41) is 11.3. The number of aryl methyl sites for hydroxylation is 2. The fourth-order valence-electron chi connectivity index (χ4n) is 8.03. The third-order valence-electron chi connectivity index (χ3n) is 11.0. The van der Waals surface area contributed by atoms with Gasteiger partial charge in [-0.1, -0.05) is 37.4 Å². The molecule has 0 saturated carbocycles. The number of benzene rings is 2. The van der Waals surface area contributed by atoms with E-state index in [1.165, 1.54) is 24.6 Å². The first-order valence-corrected chi connectivity index (χ1v) is 21.4. The van der Waals surface area contributed by atoms with Crippen LogP contribution in [0.3, 0.4) is 0 Å². The van der Waals surface area contributed by atoms with Crippen LogP contribution in [0.2, 0.25) is 5.02 Å². The molecule has 20 heteroatoms. The van der Waals surface area contributed by atoms with Gasteiger partial charge in [-0.05, 0) is 68.0 Å². The molecule has 0 saturated heterocycles. The zero-order valence-electron chi connectivity index (χ0n) is 34.3. The first kappa shape index (κ1) is 44.2. The Labute approximate surface area is 357 Å². The molecule has 7 rings (SSSR count). The van der Waals surface area contributed by atoms with Crippen LogP contribution in [-0.4, -0.2) is 54.7 Å². The number of halogens is 7. The van der Waals surface area contributed by atoms with Crippen LogP contribution in [0, 0.1) is 29.4 Å². The van der Waals surface area contributed by atoms with Crippen LogP contribution in [0.25, 0.3) is 22.0 Å². The molecule has 2 N–H and O–H groups in total. The summed E-state index contributed by atoms with van der Waals surface area (Å²) in [5.41, 5.74) is -1.48. The molecule has 0 aliphatic heterocycles. The van der Waals surface area contributed by atoms with E-state index in [0.29, 0.717) is 33.2 Å². The molecule has 326 valence electrons. The number of amides is 1. The standard InChI is InChI=1S/C42H40ClF6N9O3S/c1-21-22(2)42(48,49)37-32(21)35(38(46)47)53-58(37)20-31(59)52-30(18-23-16-24(44)19-25(45)17-23)34-27(9-8-26(51-34)12-13-41(3,4)40-50-14-15-56(40)5)28-10-11-29(43)33-36(28)57(6)54-39(33)55-62(7,60)61/h8-11,14-17,19,21-22,30,38H,18,20H2,1-7H3,(H,52,59)(H,54,55)/t21-,22+,30-/m0/s1. The van der Waals surface area contributed by atoms with Gasteiger partial charge in [0.1, 0.15) is 41.1 Å². The first-order valence-electron chi connectivity index (χ1n) is 19.1. The van der Waals surface area contributed by atoms with Gasteiger partial charge < -0.3 is 9.88 Å². The highest BCUT2D eigenvalue weighted by molar-refractivity contribution is 7.92. The number of imidazole rings is 1. The average Bonchev–Trinajstić information content (AvgIpc) is 3.91. The highest BCUT2D eigenvalue weighted by Gasteiger charge is 2.55. The van der Waals surface area contributed by atoms with Gasteiger partial charge in [0.15, 0.2) is 5.82 Å². The lowest BCUT2D eigenvalue weighted by atomic mass is 9.92. The molecule has 3 atom stereocenters. The molecule has 4 heterocycles. The molecule has 1 amide bonds. The summed E-state index contributed by atoms with van der Waals surface area (Å²) < 4.78 is 120. The molecular formula is C42H40ClF6N9O3S. The summed E-state index contributed by atoms with van der Waals surface area (Å²) in [6, 6.07) is 7.77. The second-order valence-corrected chi connectivity index (χ2v) is 18.1. The Hall–Kier alpha value is -5.87. The molecule has 0 unspecified atom stereocenters. The Morgan fingerprint density at radius 1 is 1.02 bits per heavy atom. The molecule has 0 bridgehead atoms. The SMILES string of the molecule is C[C@@H]1c2c(C(F)F)nn(CC(=O)N[C@@H](Cc3cc(F)cc(F)c3)c3nc(C#CC(C)(C)c4nccn4C)ccc3-c3ccc(Cl)c4c(NS(C)(=O)=O)nn(C)c34)c2C(F)(F)[C@@H]1C. The van der Waals surface area contributed by atoms with E-state index in [1.807, 2.05) is 25.5 Å². The van der Waals surface area contributed by atoms with E-state index < -0.39 is 81.1 Å². The van der Waals surface area contributed by atoms with E-state index in [0.717, 1.165) is 18.4 Å². The molecule has 12 nitrogen and oxygen atoms in total. The smallest absolute Gasteiger partial charge is 0.292 e. The van der Waals surface area contributed by atoms with Crippen molar-refractivity contribution < 1.29 is 39.6 Å². The van der Waals surface area contributed by atoms with Crippen molar-refractivity contribution >= 4 is 44.3 Å². The molecule has 1 aliphatic rings. The zero-order chi connectivity index (χ0) is 45.2. The van der Waals surface area contributed by atoms with E-state index in [-0.39, 0.29) is 45.2 Å². The molecule has 1 aliphatic carbocycles. The van der Waals surface area contributed by atoms with Gasteiger partial charge >= 0.3 is 0 Å². The number of fused-ring (bicyclic) bond motifs is 2. The van der Waals surface area contributed by atoms with Crippen LogP contribution < -0.4 is 10.0 Å². The van der Waals surface area contributed by atoms with Crippen molar-refractivity contribution in [3.63, 3.8) is 0 Å². The second kappa shape index (κ2) is 16.1. The Balaban J connectivity index is 1.42. The fraction of sp³-hybridized carbons (Fsp3) is 0.357. The van der Waals surface area contributed by atoms with Crippen molar-refractivity contribution in [2.45, 2.75) is 70.4 Å². The van der Waals surface area contributed by atoms with Gasteiger partial charge in [-0.3, -0.25) is 18.9 Å². The van der Waals surface area contributed by atoms with Crippen LogP contribution in [0.5, 0.6) is 0 Å². The van der Waals surface area contributed by atoms with E-state index in [4.69, 9.17) is 16.6 Å². The van der Waals surface area contributed by atoms with Gasteiger partial charge in [-0.25, -0.2) is 35.9 Å². The van der Waals surface area contributed by atoms with Gasteiger partial charge in [0.2, 0.25) is 15.9 Å². The van der Waals surface area contributed by atoms with E-state index in [1.54, 1.807) is 37.6 Å². The van der Waals surface area contributed by atoms with Crippen LogP contribution in [0.1, 0.15) is 85.8 Å². The summed E-state index contributed by atoms with van der Waals surface area (Å²) in [6.45, 7) is 5.40. The summed E-state index contributed by atoms with van der Waals surface area (Å²) >= 11 is 6.65. The average molecular weight is 900 g/mol. The number of anilines is 1. The number of carbonyl (C=O) groups excluding carboxylic acids is 1. The number of sulfonamides is 1. The number of rotatable bonds is 11.